The van der Waals surface area contributed by atoms with Gasteiger partial charge in [0.1, 0.15) is 0 Å². The molecule has 0 radical (unpaired) electrons. The van der Waals surface area contributed by atoms with Crippen molar-refractivity contribution in [1.29, 1.82) is 0 Å². The fourth-order valence-corrected chi connectivity index (χ4v) is 1.93. The van der Waals surface area contributed by atoms with Gasteiger partial charge in [0.05, 0.1) is 0 Å². The number of halogens is 4. The van der Waals surface area contributed by atoms with Crippen LogP contribution in [0.4, 0.5) is 13.2 Å². The lowest BCUT2D eigenvalue weighted by molar-refractivity contribution is -0.275. The summed E-state index contributed by atoms with van der Waals surface area (Å²) >= 11 is 3.24. The molecule has 106 valence electrons. The molecule has 1 aromatic carbocycles. The van der Waals surface area contributed by atoms with Gasteiger partial charge in [0.15, 0.2) is 11.5 Å². The first-order chi connectivity index (χ1) is 9.35. The lowest BCUT2D eigenvalue weighted by Crippen LogP contribution is -2.17. The predicted octanol–water partition coefficient (Wildman–Crippen LogP) is 4.84. The highest BCUT2D eigenvalue weighted by atomic mass is 79.9. The quantitative estimate of drug-likeness (QED) is 0.795. The molecule has 7 heteroatoms. The third-order valence-corrected chi connectivity index (χ3v) is 2.71. The van der Waals surface area contributed by atoms with Crippen LogP contribution in [0.5, 0.6) is 17.4 Å². The van der Waals surface area contributed by atoms with Gasteiger partial charge in [0.2, 0.25) is 5.88 Å². The molecule has 3 nitrogen and oxygen atoms in total. The molecule has 0 aliphatic carbocycles. The molecule has 0 N–H and O–H groups in total. The van der Waals surface area contributed by atoms with Gasteiger partial charge in [-0.05, 0) is 41.1 Å². The average Bonchev–Trinajstić information content (AvgIpc) is 2.33. The largest absolute Gasteiger partial charge is 0.573 e. The van der Waals surface area contributed by atoms with Gasteiger partial charge in [-0.25, -0.2) is 4.98 Å². The number of pyridine rings is 1. The molecule has 20 heavy (non-hydrogen) atoms. The number of rotatable bonds is 3. The van der Waals surface area contributed by atoms with Crippen molar-refractivity contribution in [2.24, 2.45) is 0 Å². The summed E-state index contributed by atoms with van der Waals surface area (Å²) in [5, 5.41) is 0. The highest BCUT2D eigenvalue weighted by Gasteiger charge is 2.32. The van der Waals surface area contributed by atoms with Crippen molar-refractivity contribution >= 4 is 15.9 Å². The third-order valence-electron chi connectivity index (χ3n) is 2.28. The van der Waals surface area contributed by atoms with E-state index >= 15 is 0 Å². The van der Waals surface area contributed by atoms with E-state index in [-0.39, 0.29) is 11.6 Å². The van der Waals surface area contributed by atoms with Crippen molar-refractivity contribution in [3.63, 3.8) is 0 Å². The van der Waals surface area contributed by atoms with E-state index in [0.29, 0.717) is 5.56 Å². The maximum absolute atomic E-state index is 12.3. The molecule has 1 heterocycles. The highest BCUT2D eigenvalue weighted by molar-refractivity contribution is 9.10. The standard InChI is InChI=1S/C13H9BrF3NO2/c1-8-6-9(14)7-18-12(8)19-10-4-2-3-5-11(10)20-13(15,16)17/h2-7H,1H3. The van der Waals surface area contributed by atoms with Crippen molar-refractivity contribution in [1.82, 2.24) is 4.98 Å². The fraction of sp³-hybridized carbons (Fsp3) is 0.154. The summed E-state index contributed by atoms with van der Waals surface area (Å²) in [5.74, 6) is -0.252. The van der Waals surface area contributed by atoms with Crippen LogP contribution in [0.15, 0.2) is 41.0 Å². The van der Waals surface area contributed by atoms with Crippen LogP contribution in [-0.2, 0) is 0 Å². The lowest BCUT2D eigenvalue weighted by atomic mass is 10.3. The van der Waals surface area contributed by atoms with Gasteiger partial charge in [-0.1, -0.05) is 12.1 Å². The molecule has 0 saturated heterocycles. The number of ether oxygens (including phenoxy) is 2. The smallest absolute Gasteiger partial charge is 0.435 e. The zero-order valence-electron chi connectivity index (χ0n) is 10.2. The Morgan fingerprint density at radius 1 is 1.15 bits per heavy atom. The zero-order chi connectivity index (χ0) is 14.8. The van der Waals surface area contributed by atoms with E-state index in [9.17, 15) is 13.2 Å². The zero-order valence-corrected chi connectivity index (χ0v) is 11.8. The maximum Gasteiger partial charge on any atom is 0.573 e. The van der Waals surface area contributed by atoms with E-state index < -0.39 is 12.1 Å². The normalized spacial score (nSPS) is 11.2. The molecule has 0 saturated carbocycles. The van der Waals surface area contributed by atoms with Crippen molar-refractivity contribution in [2.45, 2.75) is 13.3 Å². The van der Waals surface area contributed by atoms with Crippen LogP contribution in [0, 0.1) is 6.92 Å². The summed E-state index contributed by atoms with van der Waals surface area (Å²) in [7, 11) is 0. The summed E-state index contributed by atoms with van der Waals surface area (Å²) in [6.45, 7) is 1.74. The number of hydrogen-bond acceptors (Lipinski definition) is 3. The van der Waals surface area contributed by atoms with E-state index in [2.05, 4.69) is 25.7 Å². The molecule has 2 aromatic rings. The predicted molar refractivity (Wildman–Crippen MR) is 69.9 cm³/mol. The van der Waals surface area contributed by atoms with Crippen LogP contribution in [0.1, 0.15) is 5.56 Å². The summed E-state index contributed by atoms with van der Waals surface area (Å²) in [6, 6.07) is 7.28. The van der Waals surface area contributed by atoms with Crippen molar-refractivity contribution in [3.05, 3.63) is 46.6 Å². The van der Waals surface area contributed by atoms with E-state index in [1.807, 2.05) is 0 Å². The Labute approximate surface area is 121 Å². The minimum absolute atomic E-state index is 0.0530. The van der Waals surface area contributed by atoms with E-state index in [0.717, 1.165) is 4.47 Å². The topological polar surface area (TPSA) is 31.4 Å². The summed E-state index contributed by atoms with van der Waals surface area (Å²) < 4.78 is 46.9. The molecule has 0 aliphatic rings. The van der Waals surface area contributed by atoms with Gasteiger partial charge in [-0.15, -0.1) is 13.2 Å². The van der Waals surface area contributed by atoms with Crippen molar-refractivity contribution in [3.8, 4) is 17.4 Å². The third kappa shape index (κ3) is 3.86. The van der Waals surface area contributed by atoms with Crippen molar-refractivity contribution < 1.29 is 22.6 Å². The van der Waals surface area contributed by atoms with Gasteiger partial charge < -0.3 is 9.47 Å². The molecule has 0 amide bonds. The molecular weight excluding hydrogens is 339 g/mol. The van der Waals surface area contributed by atoms with Crippen LogP contribution in [0.25, 0.3) is 0 Å². The van der Waals surface area contributed by atoms with Gasteiger partial charge in [0, 0.05) is 16.2 Å². The first kappa shape index (κ1) is 14.6. The molecule has 0 unspecified atom stereocenters. The SMILES string of the molecule is Cc1cc(Br)cnc1Oc1ccccc1OC(F)(F)F. The molecule has 0 atom stereocenters. The Morgan fingerprint density at radius 2 is 1.80 bits per heavy atom. The second kappa shape index (κ2) is 5.70. The molecular formula is C13H9BrF3NO2. The number of hydrogen-bond donors (Lipinski definition) is 0. The number of aromatic nitrogens is 1. The summed E-state index contributed by atoms with van der Waals surface area (Å²) in [4.78, 5) is 4.00. The van der Waals surface area contributed by atoms with Crippen LogP contribution in [-0.4, -0.2) is 11.3 Å². The monoisotopic (exact) mass is 347 g/mol. The van der Waals surface area contributed by atoms with E-state index in [4.69, 9.17) is 4.74 Å². The second-order valence-corrected chi connectivity index (χ2v) is 4.79. The Balaban J connectivity index is 2.29. The first-order valence-electron chi connectivity index (χ1n) is 5.50. The number of nitrogens with zero attached hydrogens (tertiary/aromatic N) is 1. The molecule has 0 aliphatic heterocycles. The maximum atomic E-state index is 12.3. The number of para-hydroxylation sites is 2. The Kier molecular flexibility index (Phi) is 4.17. The van der Waals surface area contributed by atoms with Gasteiger partial charge >= 0.3 is 6.36 Å². The second-order valence-electron chi connectivity index (χ2n) is 3.87. The molecule has 0 fully saturated rings. The lowest BCUT2D eigenvalue weighted by Gasteiger charge is -2.14. The van der Waals surface area contributed by atoms with Gasteiger partial charge in [-0.2, -0.15) is 0 Å². The number of aryl methyl sites for hydroxylation is 1. The Morgan fingerprint density at radius 3 is 2.40 bits per heavy atom. The minimum atomic E-state index is -4.78. The van der Waals surface area contributed by atoms with Crippen LogP contribution in [0.3, 0.4) is 0 Å². The summed E-state index contributed by atoms with van der Waals surface area (Å²) in [5.41, 5.74) is 0.682. The minimum Gasteiger partial charge on any atom is -0.435 e. The van der Waals surface area contributed by atoms with Crippen LogP contribution >= 0.6 is 15.9 Å². The van der Waals surface area contributed by atoms with Crippen molar-refractivity contribution in [2.75, 3.05) is 0 Å². The highest BCUT2D eigenvalue weighted by Crippen LogP contribution is 2.35. The Hall–Kier alpha value is -1.76. The molecule has 1 aromatic heterocycles. The van der Waals surface area contributed by atoms with Gasteiger partial charge in [0.25, 0.3) is 0 Å². The average molecular weight is 348 g/mol. The molecule has 2 rings (SSSR count). The van der Waals surface area contributed by atoms with Crippen LogP contribution in [0.2, 0.25) is 0 Å². The van der Waals surface area contributed by atoms with Gasteiger partial charge in [-0.3, -0.25) is 0 Å². The summed E-state index contributed by atoms with van der Waals surface area (Å²) in [6.07, 6.45) is -3.28. The molecule has 0 spiro atoms. The first-order valence-corrected chi connectivity index (χ1v) is 6.29. The number of benzene rings is 1. The number of alkyl halides is 3. The van der Waals surface area contributed by atoms with E-state index in [1.54, 1.807) is 19.1 Å². The molecule has 0 bridgehead atoms. The van der Waals surface area contributed by atoms with E-state index in [1.165, 1.54) is 24.4 Å². The fourth-order valence-electron chi connectivity index (χ4n) is 1.48. The van der Waals surface area contributed by atoms with Crippen LogP contribution < -0.4 is 9.47 Å². The Bertz CT molecular complexity index is 617.